The number of ether oxygens (including phenoxy) is 2. The summed E-state index contributed by atoms with van der Waals surface area (Å²) in [6, 6.07) is 12.4. The molecule has 166 valence electrons. The molecule has 0 saturated carbocycles. The summed E-state index contributed by atoms with van der Waals surface area (Å²) in [6.45, 7) is 5.42. The topological polar surface area (TPSA) is 67.9 Å². The van der Waals surface area contributed by atoms with Crippen LogP contribution in [0.25, 0.3) is 0 Å². The van der Waals surface area contributed by atoms with Gasteiger partial charge in [-0.05, 0) is 36.2 Å². The molecule has 1 saturated heterocycles. The Labute approximate surface area is 188 Å². The highest BCUT2D eigenvalue weighted by atomic mass is 35.5. The average molecular weight is 445 g/mol. The molecule has 3 rings (SSSR count). The molecule has 0 aromatic heterocycles. The van der Waals surface area contributed by atoms with Gasteiger partial charge in [-0.2, -0.15) is 0 Å². The molecule has 2 aromatic carbocycles. The van der Waals surface area contributed by atoms with Crippen LogP contribution in [0.15, 0.2) is 42.5 Å². The third-order valence-corrected chi connectivity index (χ3v) is 5.80. The van der Waals surface area contributed by atoms with Crippen molar-refractivity contribution in [2.45, 2.75) is 19.8 Å². The van der Waals surface area contributed by atoms with Crippen LogP contribution in [-0.4, -0.2) is 50.6 Å². The predicted molar refractivity (Wildman–Crippen MR) is 121 cm³/mol. The number of hydrogen-bond donors (Lipinski definition) is 1. The Balaban J connectivity index is 1.93. The maximum Gasteiger partial charge on any atom is 0.253 e. The van der Waals surface area contributed by atoms with Crippen LogP contribution in [0.1, 0.15) is 35.7 Å². The van der Waals surface area contributed by atoms with Gasteiger partial charge in [0.25, 0.3) is 5.91 Å². The molecular formula is C24H29ClN2O4. The molecule has 2 amide bonds. The molecule has 2 atom stereocenters. The van der Waals surface area contributed by atoms with Crippen molar-refractivity contribution in [1.29, 1.82) is 0 Å². The molecule has 0 bridgehead atoms. The molecule has 0 aliphatic carbocycles. The fourth-order valence-corrected chi connectivity index (χ4v) is 4.09. The lowest BCUT2D eigenvalue weighted by Crippen LogP contribution is -2.37. The molecular weight excluding hydrogens is 416 g/mol. The van der Waals surface area contributed by atoms with Crippen molar-refractivity contribution in [2.24, 2.45) is 11.8 Å². The molecule has 0 unspecified atom stereocenters. The summed E-state index contributed by atoms with van der Waals surface area (Å²) >= 11 is 5.96. The smallest absolute Gasteiger partial charge is 0.253 e. The van der Waals surface area contributed by atoms with Gasteiger partial charge < -0.3 is 19.7 Å². The largest absolute Gasteiger partial charge is 0.493 e. The van der Waals surface area contributed by atoms with E-state index in [2.05, 4.69) is 5.32 Å². The summed E-state index contributed by atoms with van der Waals surface area (Å²) in [7, 11) is 3.17. The number of halogens is 1. The number of methoxy groups -OCH3 is 2. The second kappa shape index (κ2) is 10.1. The molecule has 0 spiro atoms. The van der Waals surface area contributed by atoms with Crippen LogP contribution in [0.3, 0.4) is 0 Å². The third kappa shape index (κ3) is 5.13. The highest BCUT2D eigenvalue weighted by Gasteiger charge is 2.42. The monoisotopic (exact) mass is 444 g/mol. The Hall–Kier alpha value is -2.73. The Morgan fingerprint density at radius 1 is 1.10 bits per heavy atom. The molecule has 1 heterocycles. The van der Waals surface area contributed by atoms with Crippen molar-refractivity contribution in [3.8, 4) is 11.5 Å². The number of hydrogen-bond acceptors (Lipinski definition) is 4. The van der Waals surface area contributed by atoms with Crippen molar-refractivity contribution < 1.29 is 19.1 Å². The van der Waals surface area contributed by atoms with E-state index in [9.17, 15) is 9.59 Å². The molecule has 1 aliphatic heterocycles. The van der Waals surface area contributed by atoms with E-state index in [0.29, 0.717) is 47.6 Å². The Bertz CT molecular complexity index is 930. The van der Waals surface area contributed by atoms with Crippen LogP contribution in [-0.2, 0) is 4.79 Å². The molecule has 31 heavy (non-hydrogen) atoms. The number of benzene rings is 2. The van der Waals surface area contributed by atoms with E-state index in [1.807, 2.05) is 32.0 Å². The summed E-state index contributed by atoms with van der Waals surface area (Å²) in [4.78, 5) is 28.0. The normalized spacial score (nSPS) is 18.2. The summed E-state index contributed by atoms with van der Waals surface area (Å²) in [5.74, 6) is 0.741. The highest BCUT2D eigenvalue weighted by Crippen LogP contribution is 2.42. The van der Waals surface area contributed by atoms with Crippen LogP contribution in [0.4, 0.5) is 0 Å². The van der Waals surface area contributed by atoms with Gasteiger partial charge in [-0.25, -0.2) is 0 Å². The Morgan fingerprint density at radius 2 is 1.81 bits per heavy atom. The van der Waals surface area contributed by atoms with Gasteiger partial charge in [0.15, 0.2) is 11.5 Å². The molecule has 7 heteroatoms. The standard InChI is InChI=1S/C24H29ClN2O4/c1-15(2)12-26-23(28)20-14-27(24(29)16-8-10-17(25)11-9-16)13-19(20)18-6-5-7-21(30-3)22(18)31-4/h5-11,15,19-20H,12-14H2,1-4H3,(H,26,28)/t19-,20+/m1/s1. The van der Waals surface area contributed by atoms with Crippen molar-refractivity contribution in [3.05, 3.63) is 58.6 Å². The molecule has 2 aromatic rings. The summed E-state index contributed by atoms with van der Waals surface area (Å²) < 4.78 is 11.1. The van der Waals surface area contributed by atoms with E-state index in [4.69, 9.17) is 21.1 Å². The van der Waals surface area contributed by atoms with E-state index in [0.717, 1.165) is 5.56 Å². The van der Waals surface area contributed by atoms with Crippen LogP contribution >= 0.6 is 11.6 Å². The first-order valence-electron chi connectivity index (χ1n) is 10.4. The quantitative estimate of drug-likeness (QED) is 0.701. The van der Waals surface area contributed by atoms with Gasteiger partial charge in [-0.1, -0.05) is 37.6 Å². The van der Waals surface area contributed by atoms with E-state index < -0.39 is 5.92 Å². The fourth-order valence-electron chi connectivity index (χ4n) is 3.97. The van der Waals surface area contributed by atoms with Crippen LogP contribution in [0.2, 0.25) is 5.02 Å². The number of nitrogens with zero attached hydrogens (tertiary/aromatic N) is 1. The zero-order chi connectivity index (χ0) is 22.5. The highest BCUT2D eigenvalue weighted by molar-refractivity contribution is 6.30. The zero-order valence-electron chi connectivity index (χ0n) is 18.4. The van der Waals surface area contributed by atoms with Gasteiger partial charge in [-0.15, -0.1) is 0 Å². The minimum absolute atomic E-state index is 0.0602. The minimum Gasteiger partial charge on any atom is -0.493 e. The number of nitrogens with one attached hydrogen (secondary N) is 1. The maximum atomic E-state index is 13.1. The molecule has 1 N–H and O–H groups in total. The third-order valence-electron chi connectivity index (χ3n) is 5.55. The van der Waals surface area contributed by atoms with Crippen LogP contribution in [0, 0.1) is 11.8 Å². The van der Waals surface area contributed by atoms with Gasteiger partial charge in [0.1, 0.15) is 0 Å². The van der Waals surface area contributed by atoms with Gasteiger partial charge in [0, 0.05) is 41.7 Å². The van der Waals surface area contributed by atoms with Crippen molar-refractivity contribution >= 4 is 23.4 Å². The second-order valence-corrected chi connectivity index (χ2v) is 8.59. The van der Waals surface area contributed by atoms with Crippen LogP contribution < -0.4 is 14.8 Å². The molecule has 6 nitrogen and oxygen atoms in total. The lowest BCUT2D eigenvalue weighted by Gasteiger charge is -2.22. The zero-order valence-corrected chi connectivity index (χ0v) is 19.1. The first-order valence-corrected chi connectivity index (χ1v) is 10.8. The summed E-state index contributed by atoms with van der Waals surface area (Å²) in [6.07, 6.45) is 0. The van der Waals surface area contributed by atoms with Gasteiger partial charge in [0.05, 0.1) is 20.1 Å². The number of carbonyl (C=O) groups is 2. The lowest BCUT2D eigenvalue weighted by molar-refractivity contribution is -0.125. The van der Waals surface area contributed by atoms with Gasteiger partial charge in [-0.3, -0.25) is 9.59 Å². The molecule has 1 fully saturated rings. The van der Waals surface area contributed by atoms with Crippen LogP contribution in [0.5, 0.6) is 11.5 Å². The SMILES string of the molecule is COc1cccc([C@H]2CN(C(=O)c3ccc(Cl)cc3)C[C@@H]2C(=O)NCC(C)C)c1OC. The Kier molecular flexibility index (Phi) is 7.44. The maximum absolute atomic E-state index is 13.1. The van der Waals surface area contributed by atoms with E-state index >= 15 is 0 Å². The second-order valence-electron chi connectivity index (χ2n) is 8.15. The van der Waals surface area contributed by atoms with Gasteiger partial charge in [0.2, 0.25) is 5.91 Å². The van der Waals surface area contributed by atoms with Crippen molar-refractivity contribution in [1.82, 2.24) is 10.2 Å². The van der Waals surface area contributed by atoms with Crippen molar-refractivity contribution in [3.63, 3.8) is 0 Å². The number of carbonyl (C=O) groups excluding carboxylic acids is 2. The summed E-state index contributed by atoms with van der Waals surface area (Å²) in [5.41, 5.74) is 1.40. The fraction of sp³-hybridized carbons (Fsp3) is 0.417. The van der Waals surface area contributed by atoms with Gasteiger partial charge >= 0.3 is 0 Å². The predicted octanol–water partition coefficient (Wildman–Crippen LogP) is 3.99. The average Bonchev–Trinajstić information content (AvgIpc) is 3.22. The van der Waals surface area contributed by atoms with Crippen molar-refractivity contribution in [2.75, 3.05) is 33.9 Å². The number of likely N-dealkylation sites (tertiary alicyclic amines) is 1. The first kappa shape index (κ1) is 22.9. The van der Waals surface area contributed by atoms with E-state index in [1.54, 1.807) is 43.4 Å². The van der Waals surface area contributed by atoms with E-state index in [1.165, 1.54) is 0 Å². The molecule has 0 radical (unpaired) electrons. The molecule has 1 aliphatic rings. The minimum atomic E-state index is -0.393. The Morgan fingerprint density at radius 3 is 2.42 bits per heavy atom. The van der Waals surface area contributed by atoms with E-state index in [-0.39, 0.29) is 17.7 Å². The number of amides is 2. The first-order chi connectivity index (χ1) is 14.8. The lowest BCUT2D eigenvalue weighted by atomic mass is 9.87. The summed E-state index contributed by atoms with van der Waals surface area (Å²) in [5, 5.41) is 3.60. The number of para-hydroxylation sites is 1. The number of rotatable bonds is 7.